The summed E-state index contributed by atoms with van der Waals surface area (Å²) in [5.74, 6) is -1.66. The van der Waals surface area contributed by atoms with Crippen LogP contribution in [0, 0.1) is 5.92 Å². The number of carbonyl (C=O) groups excluding carboxylic acids is 2. The van der Waals surface area contributed by atoms with Crippen LogP contribution >= 0.6 is 0 Å². The summed E-state index contributed by atoms with van der Waals surface area (Å²) in [5.41, 5.74) is 1.54. The molecule has 1 heterocycles. The monoisotopic (exact) mass is 316 g/mol. The molecule has 1 aliphatic heterocycles. The molecule has 1 aromatic carbocycles. The van der Waals surface area contributed by atoms with E-state index in [4.69, 9.17) is 0 Å². The summed E-state index contributed by atoms with van der Waals surface area (Å²) in [6.45, 7) is 0.911. The van der Waals surface area contributed by atoms with Gasteiger partial charge in [0.15, 0.2) is 0 Å². The zero-order valence-corrected chi connectivity index (χ0v) is 13.1. The normalized spacial score (nSPS) is 19.9. The van der Waals surface area contributed by atoms with Crippen molar-refractivity contribution in [3.8, 4) is 0 Å². The third-order valence-corrected chi connectivity index (χ3v) is 4.65. The fourth-order valence-electron chi connectivity index (χ4n) is 3.23. The van der Waals surface area contributed by atoms with Crippen LogP contribution in [0.1, 0.15) is 30.7 Å². The Morgan fingerprint density at radius 1 is 1.22 bits per heavy atom. The molecule has 23 heavy (non-hydrogen) atoms. The molecule has 1 unspecified atom stereocenters. The van der Waals surface area contributed by atoms with Gasteiger partial charge in [-0.15, -0.1) is 0 Å². The summed E-state index contributed by atoms with van der Waals surface area (Å²) < 4.78 is 0. The lowest BCUT2D eigenvalue weighted by atomic mass is 9.89. The Balaban J connectivity index is 1.95. The number of carboxylic acids is 1. The third-order valence-electron chi connectivity index (χ3n) is 4.65. The van der Waals surface area contributed by atoms with Crippen molar-refractivity contribution in [3.63, 3.8) is 0 Å². The van der Waals surface area contributed by atoms with E-state index < -0.39 is 17.8 Å². The number of para-hydroxylation sites is 1. The minimum Gasteiger partial charge on any atom is -0.481 e. The van der Waals surface area contributed by atoms with Crippen molar-refractivity contribution >= 4 is 23.5 Å². The van der Waals surface area contributed by atoms with Crippen LogP contribution in [0.5, 0.6) is 0 Å². The largest absolute Gasteiger partial charge is 0.481 e. The number of piperazine rings is 1. The molecule has 0 bridgehead atoms. The first kappa shape index (κ1) is 15.5. The molecule has 6 nitrogen and oxygen atoms in total. The fraction of sp³-hybridized carbons (Fsp3) is 0.471. The molecule has 2 amide bonds. The maximum Gasteiger partial charge on any atom is 0.316 e. The number of anilines is 1. The molecule has 2 fully saturated rings. The quantitative estimate of drug-likeness (QED) is 0.834. The lowest BCUT2D eigenvalue weighted by Crippen LogP contribution is -2.53. The number of hydrogen-bond donors (Lipinski definition) is 1. The summed E-state index contributed by atoms with van der Waals surface area (Å²) in [5, 5.41) is 9.21. The summed E-state index contributed by atoms with van der Waals surface area (Å²) in [7, 11) is 1.61. The molecule has 0 spiro atoms. The summed E-state index contributed by atoms with van der Waals surface area (Å²) in [4.78, 5) is 38.4. The lowest BCUT2D eigenvalue weighted by Gasteiger charge is -2.33. The third kappa shape index (κ3) is 3.06. The second-order valence-electron chi connectivity index (χ2n) is 6.28. The van der Waals surface area contributed by atoms with Gasteiger partial charge in [0.1, 0.15) is 0 Å². The first-order valence-electron chi connectivity index (χ1n) is 7.86. The number of carboxylic acid groups (broad SMARTS) is 1. The number of aliphatic carboxylic acids is 1. The van der Waals surface area contributed by atoms with E-state index in [-0.39, 0.29) is 12.3 Å². The maximum absolute atomic E-state index is 12.3. The Hall–Kier alpha value is -2.37. The number of nitrogens with zero attached hydrogens (tertiary/aromatic N) is 2. The zero-order chi connectivity index (χ0) is 16.6. The molecule has 1 aromatic rings. The van der Waals surface area contributed by atoms with Gasteiger partial charge < -0.3 is 14.9 Å². The number of carbonyl (C=O) groups is 3. The van der Waals surface area contributed by atoms with Crippen LogP contribution in [0.25, 0.3) is 0 Å². The van der Waals surface area contributed by atoms with Gasteiger partial charge in [0.25, 0.3) is 0 Å². The van der Waals surface area contributed by atoms with E-state index in [9.17, 15) is 19.5 Å². The smallest absolute Gasteiger partial charge is 0.316 e. The van der Waals surface area contributed by atoms with Crippen molar-refractivity contribution in [1.82, 2.24) is 4.90 Å². The van der Waals surface area contributed by atoms with E-state index >= 15 is 0 Å². The highest BCUT2D eigenvalue weighted by Gasteiger charge is 2.38. The Morgan fingerprint density at radius 3 is 2.57 bits per heavy atom. The first-order chi connectivity index (χ1) is 11.0. The van der Waals surface area contributed by atoms with Crippen molar-refractivity contribution in [2.75, 3.05) is 25.0 Å². The highest BCUT2D eigenvalue weighted by atomic mass is 16.4. The Labute approximate surface area is 134 Å². The second kappa shape index (κ2) is 6.02. The molecule has 0 aromatic heterocycles. The lowest BCUT2D eigenvalue weighted by molar-refractivity contribution is -0.145. The van der Waals surface area contributed by atoms with E-state index in [2.05, 4.69) is 0 Å². The fourth-order valence-corrected chi connectivity index (χ4v) is 3.23. The van der Waals surface area contributed by atoms with Crippen molar-refractivity contribution in [2.24, 2.45) is 5.92 Å². The molecular weight excluding hydrogens is 296 g/mol. The molecule has 3 rings (SSSR count). The number of amides is 2. The number of hydrogen-bond acceptors (Lipinski definition) is 3. The Morgan fingerprint density at radius 2 is 1.91 bits per heavy atom. The highest BCUT2D eigenvalue weighted by molar-refractivity contribution is 6.41. The molecule has 1 aliphatic carbocycles. The standard InChI is InChI=1S/C17H20N2O4/c1-18-8-9-19(17(23)16(18)22)14-5-3-2-4-12(14)13(10-15(20)21)11-6-7-11/h2-5,11,13H,6-10H2,1H3,(H,20,21). The van der Waals surface area contributed by atoms with E-state index in [0.29, 0.717) is 24.7 Å². The topological polar surface area (TPSA) is 77.9 Å². The molecule has 1 N–H and O–H groups in total. The van der Waals surface area contributed by atoms with E-state index in [1.807, 2.05) is 24.3 Å². The SMILES string of the molecule is CN1CCN(c2ccccc2C(CC(=O)O)C2CC2)C(=O)C1=O. The predicted octanol–water partition coefficient (Wildman–Crippen LogP) is 1.46. The van der Waals surface area contributed by atoms with Crippen LogP contribution in [-0.2, 0) is 14.4 Å². The van der Waals surface area contributed by atoms with Crippen molar-refractivity contribution in [3.05, 3.63) is 29.8 Å². The molecule has 0 radical (unpaired) electrons. The van der Waals surface area contributed by atoms with E-state index in [0.717, 1.165) is 18.4 Å². The Bertz CT molecular complexity index is 654. The van der Waals surface area contributed by atoms with Crippen LogP contribution < -0.4 is 4.90 Å². The number of benzene rings is 1. The Kier molecular flexibility index (Phi) is 4.07. The van der Waals surface area contributed by atoms with Crippen molar-refractivity contribution in [1.29, 1.82) is 0 Å². The average molecular weight is 316 g/mol. The molecule has 122 valence electrons. The van der Waals surface area contributed by atoms with Crippen LogP contribution in [0.15, 0.2) is 24.3 Å². The van der Waals surface area contributed by atoms with Crippen molar-refractivity contribution in [2.45, 2.75) is 25.2 Å². The van der Waals surface area contributed by atoms with Gasteiger partial charge in [-0.2, -0.15) is 0 Å². The van der Waals surface area contributed by atoms with Gasteiger partial charge in [0.05, 0.1) is 6.42 Å². The number of likely N-dealkylation sites (N-methyl/N-ethyl adjacent to an activating group) is 1. The van der Waals surface area contributed by atoms with E-state index in [1.165, 1.54) is 9.80 Å². The van der Waals surface area contributed by atoms with Crippen LogP contribution in [-0.4, -0.2) is 47.9 Å². The van der Waals surface area contributed by atoms with Gasteiger partial charge in [0, 0.05) is 25.8 Å². The van der Waals surface area contributed by atoms with Crippen LogP contribution in [0.3, 0.4) is 0 Å². The minimum absolute atomic E-state index is 0.0531. The van der Waals surface area contributed by atoms with Crippen molar-refractivity contribution < 1.29 is 19.5 Å². The summed E-state index contributed by atoms with van der Waals surface area (Å²) in [6, 6.07) is 7.37. The van der Waals surface area contributed by atoms with Gasteiger partial charge in [-0.05, 0) is 36.3 Å². The van der Waals surface area contributed by atoms with Gasteiger partial charge in [-0.3, -0.25) is 14.4 Å². The number of rotatable bonds is 5. The highest BCUT2D eigenvalue weighted by Crippen LogP contribution is 2.47. The molecule has 1 saturated heterocycles. The van der Waals surface area contributed by atoms with Crippen LogP contribution in [0.2, 0.25) is 0 Å². The second-order valence-corrected chi connectivity index (χ2v) is 6.28. The average Bonchev–Trinajstić information content (AvgIpc) is 3.35. The summed E-state index contributed by atoms with van der Waals surface area (Å²) in [6.07, 6.45) is 2.08. The minimum atomic E-state index is -0.836. The summed E-state index contributed by atoms with van der Waals surface area (Å²) >= 11 is 0. The van der Waals surface area contributed by atoms with Crippen LogP contribution in [0.4, 0.5) is 5.69 Å². The zero-order valence-electron chi connectivity index (χ0n) is 13.1. The maximum atomic E-state index is 12.3. The van der Waals surface area contributed by atoms with Gasteiger partial charge >= 0.3 is 17.8 Å². The first-order valence-corrected chi connectivity index (χ1v) is 7.86. The molecule has 1 atom stereocenters. The molecule has 2 aliphatic rings. The van der Waals surface area contributed by atoms with Gasteiger partial charge in [-0.1, -0.05) is 18.2 Å². The molecular formula is C17H20N2O4. The molecule has 6 heteroatoms. The van der Waals surface area contributed by atoms with E-state index in [1.54, 1.807) is 7.05 Å². The van der Waals surface area contributed by atoms with Gasteiger partial charge in [0.2, 0.25) is 0 Å². The molecule has 1 saturated carbocycles. The predicted molar refractivity (Wildman–Crippen MR) is 84.1 cm³/mol. The van der Waals surface area contributed by atoms with Gasteiger partial charge in [-0.25, -0.2) is 0 Å².